The molecule has 3 nitrogen and oxygen atoms in total. The molecule has 2 atom stereocenters. The monoisotopic (exact) mass is 320 g/mol. The van der Waals surface area contributed by atoms with Gasteiger partial charge in [0, 0.05) is 42.6 Å². The highest BCUT2D eigenvalue weighted by atomic mass is 19.1. The maximum atomic E-state index is 13.8. The maximum Gasteiger partial charge on any atom is 0.223 e. The Morgan fingerprint density at radius 1 is 1.09 bits per heavy atom. The van der Waals surface area contributed by atoms with Gasteiger partial charge in [-0.15, -0.1) is 0 Å². The highest BCUT2D eigenvalue weighted by Gasteiger charge is 2.47. The summed E-state index contributed by atoms with van der Waals surface area (Å²) in [6.45, 7) is 2.09. The minimum Gasteiger partial charge on any atom is -0.353 e. The van der Waals surface area contributed by atoms with Crippen LogP contribution in [0, 0.1) is 17.6 Å². The van der Waals surface area contributed by atoms with E-state index in [9.17, 15) is 13.6 Å². The van der Waals surface area contributed by atoms with Crippen molar-refractivity contribution in [3.05, 3.63) is 35.4 Å². The quantitative estimate of drug-likeness (QED) is 0.925. The Balaban J connectivity index is 1.31. The molecule has 4 rings (SSSR count). The number of rotatable bonds is 4. The van der Waals surface area contributed by atoms with Gasteiger partial charge in [0.2, 0.25) is 5.91 Å². The summed E-state index contributed by atoms with van der Waals surface area (Å²) in [6.07, 6.45) is 5.13. The van der Waals surface area contributed by atoms with Crippen LogP contribution in [-0.2, 0) is 4.79 Å². The topological polar surface area (TPSA) is 32.3 Å². The number of hydrogen-bond acceptors (Lipinski definition) is 2. The van der Waals surface area contributed by atoms with Gasteiger partial charge in [0.05, 0.1) is 0 Å². The van der Waals surface area contributed by atoms with E-state index in [-0.39, 0.29) is 29.3 Å². The van der Waals surface area contributed by atoms with Crippen molar-refractivity contribution >= 4 is 5.91 Å². The number of nitrogens with one attached hydrogen (secondary N) is 1. The van der Waals surface area contributed by atoms with Crippen LogP contribution in [0.3, 0.4) is 0 Å². The molecule has 23 heavy (non-hydrogen) atoms. The van der Waals surface area contributed by atoms with Crippen molar-refractivity contribution in [3.63, 3.8) is 0 Å². The zero-order valence-electron chi connectivity index (χ0n) is 13.1. The standard InChI is InChI=1S/C18H22F2N2O/c19-15-2-1-3-16(20)17(15)13-10-14(13)18(23)21-11-6-8-22(9-7-11)12-4-5-12/h1-3,11-14H,4-10H2,(H,21,23)/t13-,14-/m1/s1. The summed E-state index contributed by atoms with van der Waals surface area (Å²) in [7, 11) is 0. The van der Waals surface area contributed by atoms with E-state index in [1.807, 2.05) is 0 Å². The van der Waals surface area contributed by atoms with Crippen LogP contribution in [0.5, 0.6) is 0 Å². The first kappa shape index (κ1) is 15.1. The van der Waals surface area contributed by atoms with E-state index in [4.69, 9.17) is 0 Å². The van der Waals surface area contributed by atoms with Crippen LogP contribution in [0.1, 0.15) is 43.6 Å². The molecule has 1 aromatic carbocycles. The Labute approximate surface area is 135 Å². The Morgan fingerprint density at radius 2 is 1.74 bits per heavy atom. The zero-order valence-corrected chi connectivity index (χ0v) is 13.1. The normalized spacial score (nSPS) is 28.6. The molecule has 5 heteroatoms. The maximum absolute atomic E-state index is 13.8. The first-order valence-electron chi connectivity index (χ1n) is 8.62. The van der Waals surface area contributed by atoms with Gasteiger partial charge in [0.25, 0.3) is 0 Å². The summed E-state index contributed by atoms with van der Waals surface area (Å²) >= 11 is 0. The first-order chi connectivity index (χ1) is 11.1. The molecular formula is C18H22F2N2O. The van der Waals surface area contributed by atoms with Crippen molar-refractivity contribution in [1.82, 2.24) is 10.2 Å². The molecule has 0 unspecified atom stereocenters. The van der Waals surface area contributed by atoms with Gasteiger partial charge in [0.1, 0.15) is 11.6 Å². The molecule has 1 saturated heterocycles. The molecular weight excluding hydrogens is 298 g/mol. The lowest BCUT2D eigenvalue weighted by atomic mass is 10.0. The van der Waals surface area contributed by atoms with Crippen molar-refractivity contribution in [2.24, 2.45) is 5.92 Å². The van der Waals surface area contributed by atoms with Crippen LogP contribution >= 0.6 is 0 Å². The number of piperidine rings is 1. The van der Waals surface area contributed by atoms with Gasteiger partial charge in [-0.3, -0.25) is 4.79 Å². The summed E-state index contributed by atoms with van der Waals surface area (Å²) in [6, 6.07) is 4.88. The molecule has 1 heterocycles. The minimum atomic E-state index is -0.539. The highest BCUT2D eigenvalue weighted by molar-refractivity contribution is 5.83. The van der Waals surface area contributed by atoms with Crippen LogP contribution in [0.4, 0.5) is 8.78 Å². The van der Waals surface area contributed by atoms with Crippen LogP contribution in [-0.4, -0.2) is 36.0 Å². The summed E-state index contributed by atoms with van der Waals surface area (Å²) in [4.78, 5) is 14.8. The molecule has 1 aliphatic heterocycles. The molecule has 0 bridgehead atoms. The number of benzene rings is 1. The van der Waals surface area contributed by atoms with Crippen molar-refractivity contribution in [3.8, 4) is 0 Å². The molecule has 0 aromatic heterocycles. The van der Waals surface area contributed by atoms with Gasteiger partial charge in [-0.2, -0.15) is 0 Å². The molecule has 3 aliphatic rings. The zero-order chi connectivity index (χ0) is 16.0. The highest BCUT2D eigenvalue weighted by Crippen LogP contribution is 2.49. The largest absolute Gasteiger partial charge is 0.353 e. The third-order valence-electron chi connectivity index (χ3n) is 5.44. The number of hydrogen-bond donors (Lipinski definition) is 1. The van der Waals surface area contributed by atoms with Gasteiger partial charge in [-0.05, 0) is 44.2 Å². The summed E-state index contributed by atoms with van der Waals surface area (Å²) < 4.78 is 27.6. The predicted molar refractivity (Wildman–Crippen MR) is 83.0 cm³/mol. The average Bonchev–Trinajstić information content (AvgIpc) is 3.42. The van der Waals surface area contributed by atoms with Gasteiger partial charge >= 0.3 is 0 Å². The first-order valence-corrected chi connectivity index (χ1v) is 8.62. The Kier molecular flexibility index (Phi) is 3.84. The summed E-state index contributed by atoms with van der Waals surface area (Å²) in [5.41, 5.74) is 0.0798. The Bertz CT molecular complexity index is 589. The van der Waals surface area contributed by atoms with E-state index in [1.54, 1.807) is 0 Å². The molecule has 1 N–H and O–H groups in total. The Hall–Kier alpha value is -1.49. The summed E-state index contributed by atoms with van der Waals surface area (Å²) in [5.74, 6) is -1.70. The molecule has 2 aliphatic carbocycles. The van der Waals surface area contributed by atoms with E-state index in [0.29, 0.717) is 6.42 Å². The van der Waals surface area contributed by atoms with Crippen molar-refractivity contribution in [2.75, 3.05) is 13.1 Å². The van der Waals surface area contributed by atoms with Gasteiger partial charge in [-0.1, -0.05) is 6.07 Å². The number of likely N-dealkylation sites (tertiary alicyclic amines) is 1. The second-order valence-electron chi connectivity index (χ2n) is 7.13. The molecule has 124 valence electrons. The van der Waals surface area contributed by atoms with E-state index >= 15 is 0 Å². The number of nitrogens with zero attached hydrogens (tertiary/aromatic N) is 1. The van der Waals surface area contributed by atoms with Gasteiger partial charge in [0.15, 0.2) is 0 Å². The smallest absolute Gasteiger partial charge is 0.223 e. The van der Waals surface area contributed by atoms with Gasteiger partial charge < -0.3 is 10.2 Å². The minimum absolute atomic E-state index is 0.0393. The number of halogens is 2. The number of carbonyl (C=O) groups is 1. The molecule has 3 fully saturated rings. The average molecular weight is 320 g/mol. The molecule has 2 saturated carbocycles. The molecule has 0 radical (unpaired) electrons. The van der Waals surface area contributed by atoms with E-state index < -0.39 is 11.6 Å². The Morgan fingerprint density at radius 3 is 2.35 bits per heavy atom. The fourth-order valence-corrected chi connectivity index (χ4v) is 3.83. The van der Waals surface area contributed by atoms with E-state index in [0.717, 1.165) is 32.0 Å². The number of carbonyl (C=O) groups excluding carboxylic acids is 1. The van der Waals surface area contributed by atoms with Gasteiger partial charge in [-0.25, -0.2) is 8.78 Å². The lowest BCUT2D eigenvalue weighted by Crippen LogP contribution is -2.45. The second-order valence-corrected chi connectivity index (χ2v) is 7.13. The lowest BCUT2D eigenvalue weighted by Gasteiger charge is -2.32. The molecule has 1 aromatic rings. The van der Waals surface area contributed by atoms with Crippen molar-refractivity contribution < 1.29 is 13.6 Å². The second kappa shape index (κ2) is 5.86. The van der Waals surface area contributed by atoms with E-state index in [1.165, 1.54) is 31.0 Å². The third kappa shape index (κ3) is 3.11. The third-order valence-corrected chi connectivity index (χ3v) is 5.44. The SMILES string of the molecule is O=C(NC1CCN(C2CC2)CC1)[C@@H]1C[C@H]1c1c(F)cccc1F. The van der Waals surface area contributed by atoms with E-state index in [2.05, 4.69) is 10.2 Å². The summed E-state index contributed by atoms with van der Waals surface area (Å²) in [5, 5.41) is 3.09. The molecule has 0 spiro atoms. The fourth-order valence-electron chi connectivity index (χ4n) is 3.83. The van der Waals surface area contributed by atoms with Crippen LogP contribution < -0.4 is 5.32 Å². The van der Waals surface area contributed by atoms with Crippen LogP contribution in [0.25, 0.3) is 0 Å². The van der Waals surface area contributed by atoms with Crippen LogP contribution in [0.2, 0.25) is 0 Å². The number of amides is 1. The fraction of sp³-hybridized carbons (Fsp3) is 0.611. The van der Waals surface area contributed by atoms with Crippen molar-refractivity contribution in [2.45, 2.75) is 50.1 Å². The molecule has 1 amide bonds. The van der Waals surface area contributed by atoms with Crippen molar-refractivity contribution in [1.29, 1.82) is 0 Å². The lowest BCUT2D eigenvalue weighted by molar-refractivity contribution is -0.123. The van der Waals surface area contributed by atoms with Crippen LogP contribution in [0.15, 0.2) is 18.2 Å². The predicted octanol–water partition coefficient (Wildman–Crippen LogP) is 2.81.